The Morgan fingerprint density at radius 1 is 1.27 bits per heavy atom. The number of hydrogen-bond acceptors (Lipinski definition) is 8. The van der Waals surface area contributed by atoms with Crippen molar-refractivity contribution in [3.8, 4) is 10.7 Å². The van der Waals surface area contributed by atoms with Gasteiger partial charge < -0.3 is 4.90 Å². The van der Waals surface area contributed by atoms with Crippen LogP contribution in [-0.4, -0.2) is 88.1 Å². The zero-order chi connectivity index (χ0) is 18.1. The summed E-state index contributed by atoms with van der Waals surface area (Å²) >= 11 is 1.53. The van der Waals surface area contributed by atoms with Crippen molar-refractivity contribution in [3.05, 3.63) is 17.5 Å². The van der Waals surface area contributed by atoms with Crippen LogP contribution in [0.25, 0.3) is 10.7 Å². The highest BCUT2D eigenvalue weighted by Gasteiger charge is 2.34. The van der Waals surface area contributed by atoms with Crippen LogP contribution in [0.4, 0.5) is 0 Å². The van der Waals surface area contributed by atoms with Crippen molar-refractivity contribution in [1.82, 2.24) is 30.0 Å². The molecule has 11 heteroatoms. The molecule has 0 spiro atoms. The summed E-state index contributed by atoms with van der Waals surface area (Å²) in [4.78, 5) is 18.7. The van der Waals surface area contributed by atoms with E-state index in [0.29, 0.717) is 38.4 Å². The van der Waals surface area contributed by atoms with Crippen molar-refractivity contribution >= 4 is 27.1 Å². The lowest BCUT2D eigenvalue weighted by atomic mass is 10.2. The average Bonchev–Trinajstić information content (AvgIpc) is 3.35. The molecule has 0 N–H and O–H groups in total. The van der Waals surface area contributed by atoms with Crippen LogP contribution in [0.5, 0.6) is 0 Å². The molecule has 2 saturated heterocycles. The molecule has 2 aliphatic heterocycles. The first-order valence-corrected chi connectivity index (χ1v) is 11.2. The Morgan fingerprint density at radius 2 is 2.08 bits per heavy atom. The Hall–Kier alpha value is -1.85. The first kappa shape index (κ1) is 17.6. The predicted octanol–water partition coefficient (Wildman–Crippen LogP) is -0.267. The van der Waals surface area contributed by atoms with E-state index in [1.165, 1.54) is 16.1 Å². The molecule has 0 saturated carbocycles. The number of sulfone groups is 1. The second-order valence-corrected chi connectivity index (χ2v) is 9.77. The highest BCUT2D eigenvalue weighted by Crippen LogP contribution is 2.20. The van der Waals surface area contributed by atoms with Gasteiger partial charge in [-0.3, -0.25) is 9.69 Å². The minimum atomic E-state index is -2.88. The van der Waals surface area contributed by atoms with Crippen LogP contribution in [0.15, 0.2) is 17.5 Å². The SMILES string of the molecule is O=C(Cn1nnc(-c2cccs2)n1)N1CCN([C@@H]2CCS(=O)(=O)C2)CC1. The van der Waals surface area contributed by atoms with Gasteiger partial charge in [-0.05, 0) is 23.1 Å². The minimum absolute atomic E-state index is 0.0428. The molecule has 140 valence electrons. The Morgan fingerprint density at radius 3 is 2.73 bits per heavy atom. The van der Waals surface area contributed by atoms with E-state index in [1.54, 1.807) is 4.90 Å². The smallest absolute Gasteiger partial charge is 0.246 e. The number of nitrogens with zero attached hydrogens (tertiary/aromatic N) is 6. The number of tetrazole rings is 1. The van der Waals surface area contributed by atoms with Crippen LogP contribution < -0.4 is 0 Å². The van der Waals surface area contributed by atoms with Gasteiger partial charge in [-0.25, -0.2) is 8.42 Å². The number of carbonyl (C=O) groups excluding carboxylic acids is 1. The van der Waals surface area contributed by atoms with E-state index >= 15 is 0 Å². The molecule has 9 nitrogen and oxygen atoms in total. The molecule has 1 atom stereocenters. The Bertz CT molecular complexity index is 871. The van der Waals surface area contributed by atoms with Crippen molar-refractivity contribution in [2.45, 2.75) is 19.0 Å². The lowest BCUT2D eigenvalue weighted by molar-refractivity contribution is -0.134. The molecule has 2 aliphatic rings. The van der Waals surface area contributed by atoms with Crippen LogP contribution in [0.2, 0.25) is 0 Å². The highest BCUT2D eigenvalue weighted by molar-refractivity contribution is 7.91. The quantitative estimate of drug-likeness (QED) is 0.701. The van der Waals surface area contributed by atoms with Crippen LogP contribution in [-0.2, 0) is 21.2 Å². The van der Waals surface area contributed by atoms with Crippen molar-refractivity contribution in [1.29, 1.82) is 0 Å². The molecule has 1 amide bonds. The van der Waals surface area contributed by atoms with Gasteiger partial charge in [-0.2, -0.15) is 4.80 Å². The molecule has 0 aromatic carbocycles. The molecule has 26 heavy (non-hydrogen) atoms. The molecular weight excluding hydrogens is 376 g/mol. The minimum Gasteiger partial charge on any atom is -0.338 e. The number of piperazine rings is 1. The van der Waals surface area contributed by atoms with Crippen LogP contribution in [0.3, 0.4) is 0 Å². The molecule has 2 aromatic heterocycles. The van der Waals surface area contributed by atoms with Crippen LogP contribution in [0.1, 0.15) is 6.42 Å². The van der Waals surface area contributed by atoms with E-state index in [1.807, 2.05) is 17.5 Å². The molecule has 2 aromatic rings. The Kier molecular flexibility index (Phi) is 4.76. The van der Waals surface area contributed by atoms with Crippen molar-refractivity contribution in [3.63, 3.8) is 0 Å². The maximum atomic E-state index is 12.5. The summed E-state index contributed by atoms with van der Waals surface area (Å²) < 4.78 is 23.3. The maximum absolute atomic E-state index is 12.5. The molecule has 0 radical (unpaired) electrons. The largest absolute Gasteiger partial charge is 0.338 e. The van der Waals surface area contributed by atoms with Gasteiger partial charge in [0.1, 0.15) is 6.54 Å². The average molecular weight is 396 g/mol. The summed E-state index contributed by atoms with van der Waals surface area (Å²) in [6.45, 7) is 2.67. The van der Waals surface area contributed by atoms with Gasteiger partial charge in [0.15, 0.2) is 9.84 Å². The fourth-order valence-electron chi connectivity index (χ4n) is 3.44. The van der Waals surface area contributed by atoms with Gasteiger partial charge in [0.2, 0.25) is 11.7 Å². The van der Waals surface area contributed by atoms with Gasteiger partial charge >= 0.3 is 0 Å². The van der Waals surface area contributed by atoms with Crippen molar-refractivity contribution in [2.24, 2.45) is 0 Å². The number of aromatic nitrogens is 4. The number of rotatable bonds is 4. The molecule has 2 fully saturated rings. The normalized spacial score (nSPS) is 23.4. The summed E-state index contributed by atoms with van der Waals surface area (Å²) in [6.07, 6.45) is 0.699. The second kappa shape index (κ2) is 7.05. The first-order valence-electron chi connectivity index (χ1n) is 8.54. The molecule has 0 bridgehead atoms. The van der Waals surface area contributed by atoms with Crippen LogP contribution >= 0.6 is 11.3 Å². The third kappa shape index (κ3) is 3.79. The number of carbonyl (C=O) groups is 1. The molecule has 4 rings (SSSR count). The number of amides is 1. The summed E-state index contributed by atoms with van der Waals surface area (Å²) in [5.41, 5.74) is 0. The number of hydrogen-bond donors (Lipinski definition) is 0. The van der Waals surface area contributed by atoms with Crippen molar-refractivity contribution < 1.29 is 13.2 Å². The van der Waals surface area contributed by atoms with E-state index in [4.69, 9.17) is 0 Å². The van der Waals surface area contributed by atoms with E-state index < -0.39 is 9.84 Å². The monoisotopic (exact) mass is 396 g/mol. The van der Waals surface area contributed by atoms with Gasteiger partial charge in [-0.15, -0.1) is 21.5 Å². The van der Waals surface area contributed by atoms with Gasteiger partial charge in [0.25, 0.3) is 0 Å². The summed E-state index contributed by atoms with van der Waals surface area (Å²) in [5.74, 6) is 1.01. The lowest BCUT2D eigenvalue weighted by Gasteiger charge is -2.37. The van der Waals surface area contributed by atoms with Crippen LogP contribution in [0, 0.1) is 0 Å². The molecular formula is C15H20N6O3S2. The lowest BCUT2D eigenvalue weighted by Crippen LogP contribution is -2.52. The molecule has 4 heterocycles. The third-order valence-electron chi connectivity index (χ3n) is 4.86. The summed E-state index contributed by atoms with van der Waals surface area (Å²) in [6, 6.07) is 3.93. The maximum Gasteiger partial charge on any atom is 0.246 e. The molecule has 0 unspecified atom stereocenters. The van der Waals surface area contributed by atoms with Gasteiger partial charge in [0.05, 0.1) is 16.4 Å². The van der Waals surface area contributed by atoms with Crippen molar-refractivity contribution in [2.75, 3.05) is 37.7 Å². The van der Waals surface area contributed by atoms with E-state index in [0.717, 1.165) is 4.88 Å². The zero-order valence-electron chi connectivity index (χ0n) is 14.2. The van der Waals surface area contributed by atoms with Gasteiger partial charge in [0, 0.05) is 32.2 Å². The Labute approximate surface area is 155 Å². The van der Waals surface area contributed by atoms with E-state index in [9.17, 15) is 13.2 Å². The van der Waals surface area contributed by atoms with E-state index in [2.05, 4.69) is 20.3 Å². The summed E-state index contributed by atoms with van der Waals surface area (Å²) in [7, 11) is -2.88. The number of thiophene rings is 1. The first-order chi connectivity index (χ1) is 12.5. The fourth-order valence-corrected chi connectivity index (χ4v) is 5.84. The topological polar surface area (TPSA) is 101 Å². The predicted molar refractivity (Wildman–Crippen MR) is 96.3 cm³/mol. The zero-order valence-corrected chi connectivity index (χ0v) is 15.8. The molecule has 0 aliphatic carbocycles. The standard InChI is InChI=1S/C15H20N6O3S2/c22-14(10-21-17-15(16-18-21)13-2-1-8-25-13)20-6-4-19(5-7-20)12-3-9-26(23,24)11-12/h1-2,8,12H,3-7,9-11H2/t12-/m1/s1. The summed E-state index contributed by atoms with van der Waals surface area (Å²) in [5, 5.41) is 14.2. The Balaban J connectivity index is 1.30. The van der Waals surface area contributed by atoms with Gasteiger partial charge in [-0.1, -0.05) is 6.07 Å². The highest BCUT2D eigenvalue weighted by atomic mass is 32.2. The fraction of sp³-hybridized carbons (Fsp3) is 0.600. The third-order valence-corrected chi connectivity index (χ3v) is 7.48. The van der Waals surface area contributed by atoms with E-state index in [-0.39, 0.29) is 30.0 Å². The second-order valence-electron chi connectivity index (χ2n) is 6.59.